The first-order valence-electron chi connectivity index (χ1n) is 9.00. The van der Waals surface area contributed by atoms with E-state index in [4.69, 9.17) is 0 Å². The molecule has 138 valence electrons. The molecule has 0 unspecified atom stereocenters. The number of benzene rings is 2. The van der Waals surface area contributed by atoms with Gasteiger partial charge >= 0.3 is 0 Å². The summed E-state index contributed by atoms with van der Waals surface area (Å²) in [7, 11) is -3.36. The third kappa shape index (κ3) is 3.45. The number of sulfone groups is 1. The fraction of sp³-hybridized carbons (Fsp3) is 0.238. The van der Waals surface area contributed by atoms with Gasteiger partial charge in [-0.15, -0.1) is 0 Å². The van der Waals surface area contributed by atoms with Crippen LogP contribution < -0.4 is 0 Å². The van der Waals surface area contributed by atoms with Crippen molar-refractivity contribution in [2.45, 2.75) is 23.0 Å². The number of hydrogen-bond acceptors (Lipinski definition) is 4. The number of pyridine rings is 1. The second kappa shape index (κ2) is 7.12. The van der Waals surface area contributed by atoms with Crippen LogP contribution >= 0.6 is 0 Å². The van der Waals surface area contributed by atoms with Crippen LogP contribution in [-0.4, -0.2) is 42.5 Å². The van der Waals surface area contributed by atoms with Gasteiger partial charge in [0.1, 0.15) is 5.69 Å². The SMILES string of the molecule is O=C(c1ccc2ccccc2n1)N1CCC(S(=O)(=O)c2ccccc2)CC1. The molecule has 27 heavy (non-hydrogen) atoms. The maximum atomic E-state index is 12.8. The molecule has 0 aliphatic carbocycles. The Morgan fingerprint density at radius 2 is 1.56 bits per heavy atom. The molecule has 0 spiro atoms. The van der Waals surface area contributed by atoms with E-state index in [2.05, 4.69) is 4.98 Å². The summed E-state index contributed by atoms with van der Waals surface area (Å²) < 4.78 is 25.5. The lowest BCUT2D eigenvalue weighted by molar-refractivity contribution is 0.0720. The van der Waals surface area contributed by atoms with Gasteiger partial charge in [0.2, 0.25) is 0 Å². The largest absolute Gasteiger partial charge is 0.337 e. The van der Waals surface area contributed by atoms with Crippen molar-refractivity contribution in [2.75, 3.05) is 13.1 Å². The van der Waals surface area contributed by atoms with Crippen molar-refractivity contribution in [3.8, 4) is 0 Å². The molecule has 1 aliphatic rings. The van der Waals surface area contributed by atoms with Crippen LogP contribution in [-0.2, 0) is 9.84 Å². The fourth-order valence-corrected chi connectivity index (χ4v) is 5.27. The van der Waals surface area contributed by atoms with E-state index in [1.165, 1.54) is 0 Å². The molecule has 0 bridgehead atoms. The van der Waals surface area contributed by atoms with E-state index < -0.39 is 15.1 Å². The van der Waals surface area contributed by atoms with E-state index >= 15 is 0 Å². The summed E-state index contributed by atoms with van der Waals surface area (Å²) in [5.41, 5.74) is 1.18. The molecule has 0 radical (unpaired) electrons. The summed E-state index contributed by atoms with van der Waals surface area (Å²) in [5, 5.41) is 0.537. The molecule has 3 aromatic rings. The Hall–Kier alpha value is -2.73. The molecule has 1 aliphatic heterocycles. The number of amides is 1. The fourth-order valence-electron chi connectivity index (χ4n) is 3.52. The number of piperidine rings is 1. The Bertz CT molecular complexity index is 1070. The molecule has 4 rings (SSSR count). The number of aromatic nitrogens is 1. The van der Waals surface area contributed by atoms with Crippen LogP contribution in [0, 0.1) is 0 Å². The number of nitrogens with zero attached hydrogens (tertiary/aromatic N) is 2. The van der Waals surface area contributed by atoms with E-state index in [9.17, 15) is 13.2 Å². The number of hydrogen-bond donors (Lipinski definition) is 0. The van der Waals surface area contributed by atoms with Gasteiger partial charge in [-0.1, -0.05) is 42.5 Å². The lowest BCUT2D eigenvalue weighted by Gasteiger charge is -2.31. The molecule has 2 heterocycles. The number of rotatable bonds is 3. The maximum absolute atomic E-state index is 12.8. The van der Waals surface area contributed by atoms with Crippen LogP contribution in [0.2, 0.25) is 0 Å². The quantitative estimate of drug-likeness (QED) is 0.699. The van der Waals surface area contributed by atoms with Gasteiger partial charge in [0.05, 0.1) is 15.7 Å². The van der Waals surface area contributed by atoms with Gasteiger partial charge in [0, 0.05) is 18.5 Å². The summed E-state index contributed by atoms with van der Waals surface area (Å²) in [5.74, 6) is -0.142. The monoisotopic (exact) mass is 380 g/mol. The molecule has 5 nitrogen and oxygen atoms in total. The van der Waals surface area contributed by atoms with Crippen LogP contribution in [0.25, 0.3) is 10.9 Å². The number of para-hydroxylation sites is 1. The Kier molecular flexibility index (Phi) is 4.66. The molecule has 1 aromatic heterocycles. The molecule has 1 fully saturated rings. The standard InChI is InChI=1S/C21H20N2O3S/c24-21(20-11-10-16-6-4-5-9-19(16)22-20)23-14-12-18(13-15-23)27(25,26)17-7-2-1-3-8-17/h1-11,18H,12-15H2. The summed E-state index contributed by atoms with van der Waals surface area (Å²) in [6.45, 7) is 0.841. The van der Waals surface area contributed by atoms with Gasteiger partial charge in [-0.2, -0.15) is 0 Å². The van der Waals surface area contributed by atoms with Crippen molar-refractivity contribution < 1.29 is 13.2 Å². The highest BCUT2D eigenvalue weighted by Crippen LogP contribution is 2.25. The molecule has 0 atom stereocenters. The van der Waals surface area contributed by atoms with Crippen LogP contribution in [0.15, 0.2) is 71.6 Å². The lowest BCUT2D eigenvalue weighted by Crippen LogP contribution is -2.42. The molecule has 1 amide bonds. The molecular formula is C21H20N2O3S. The number of carbonyl (C=O) groups excluding carboxylic acids is 1. The average molecular weight is 380 g/mol. The predicted molar refractivity (Wildman–Crippen MR) is 104 cm³/mol. The first-order valence-corrected chi connectivity index (χ1v) is 10.5. The Labute approximate surface area is 158 Å². The van der Waals surface area contributed by atoms with Crippen molar-refractivity contribution in [3.05, 3.63) is 72.4 Å². The number of carbonyl (C=O) groups is 1. The highest BCUT2D eigenvalue weighted by Gasteiger charge is 2.33. The summed E-state index contributed by atoms with van der Waals surface area (Å²) in [4.78, 5) is 19.3. The topological polar surface area (TPSA) is 67.3 Å². The highest BCUT2D eigenvalue weighted by molar-refractivity contribution is 7.92. The molecule has 0 saturated carbocycles. The van der Waals surface area contributed by atoms with Crippen LogP contribution in [0.4, 0.5) is 0 Å². The van der Waals surface area contributed by atoms with E-state index in [-0.39, 0.29) is 5.91 Å². The minimum atomic E-state index is -3.36. The smallest absolute Gasteiger partial charge is 0.272 e. The molecular weight excluding hydrogens is 360 g/mol. The number of fused-ring (bicyclic) bond motifs is 1. The van der Waals surface area contributed by atoms with E-state index in [1.54, 1.807) is 41.3 Å². The Morgan fingerprint density at radius 1 is 0.889 bits per heavy atom. The minimum absolute atomic E-state index is 0.142. The first kappa shape index (κ1) is 17.7. The molecule has 1 saturated heterocycles. The third-order valence-corrected chi connectivity index (χ3v) is 7.34. The average Bonchev–Trinajstić information content (AvgIpc) is 2.73. The van der Waals surface area contributed by atoms with E-state index in [1.807, 2.05) is 30.3 Å². The first-order chi connectivity index (χ1) is 13.1. The number of likely N-dealkylation sites (tertiary alicyclic amines) is 1. The summed E-state index contributed by atoms with van der Waals surface area (Å²) in [6.07, 6.45) is 0.882. The van der Waals surface area contributed by atoms with Crippen molar-refractivity contribution in [1.82, 2.24) is 9.88 Å². The van der Waals surface area contributed by atoms with Gasteiger partial charge in [0.25, 0.3) is 5.91 Å². The summed E-state index contributed by atoms with van der Waals surface area (Å²) >= 11 is 0. The maximum Gasteiger partial charge on any atom is 0.272 e. The van der Waals surface area contributed by atoms with Crippen LogP contribution in [0.5, 0.6) is 0 Å². The van der Waals surface area contributed by atoms with Gasteiger partial charge in [0.15, 0.2) is 9.84 Å². The van der Waals surface area contributed by atoms with Crippen molar-refractivity contribution in [2.24, 2.45) is 0 Å². The molecule has 6 heteroatoms. The Balaban J connectivity index is 1.47. The zero-order valence-electron chi connectivity index (χ0n) is 14.8. The highest BCUT2D eigenvalue weighted by atomic mass is 32.2. The second-order valence-corrected chi connectivity index (χ2v) is 8.97. The van der Waals surface area contributed by atoms with Gasteiger partial charge in [-0.25, -0.2) is 13.4 Å². The second-order valence-electron chi connectivity index (χ2n) is 6.74. The van der Waals surface area contributed by atoms with Crippen LogP contribution in [0.1, 0.15) is 23.3 Å². The van der Waals surface area contributed by atoms with Crippen molar-refractivity contribution in [1.29, 1.82) is 0 Å². The minimum Gasteiger partial charge on any atom is -0.337 e. The zero-order chi connectivity index (χ0) is 18.9. The van der Waals surface area contributed by atoms with Gasteiger partial charge in [-0.3, -0.25) is 4.79 Å². The lowest BCUT2D eigenvalue weighted by atomic mass is 10.1. The van der Waals surface area contributed by atoms with Crippen molar-refractivity contribution >= 4 is 26.6 Å². The van der Waals surface area contributed by atoms with Crippen molar-refractivity contribution in [3.63, 3.8) is 0 Å². The molecule has 2 aromatic carbocycles. The van der Waals surface area contributed by atoms with E-state index in [0.29, 0.717) is 36.5 Å². The Morgan fingerprint density at radius 3 is 2.30 bits per heavy atom. The van der Waals surface area contributed by atoms with Crippen LogP contribution in [0.3, 0.4) is 0 Å². The predicted octanol–water partition coefficient (Wildman–Crippen LogP) is 3.31. The van der Waals surface area contributed by atoms with Gasteiger partial charge < -0.3 is 4.90 Å². The summed E-state index contributed by atoms with van der Waals surface area (Å²) in [6, 6.07) is 19.8. The van der Waals surface area contributed by atoms with Gasteiger partial charge in [-0.05, 0) is 37.1 Å². The van der Waals surface area contributed by atoms with E-state index in [0.717, 1.165) is 10.9 Å². The molecule has 0 N–H and O–H groups in total. The normalized spacial score (nSPS) is 15.8. The zero-order valence-corrected chi connectivity index (χ0v) is 15.6. The third-order valence-electron chi connectivity index (χ3n) is 5.06.